The first-order chi connectivity index (χ1) is 8.24. The highest BCUT2D eigenvalue weighted by Gasteiger charge is 2.35. The van der Waals surface area contributed by atoms with E-state index < -0.39 is 0 Å². The van der Waals surface area contributed by atoms with Gasteiger partial charge in [-0.25, -0.2) is 0 Å². The number of hydrogen-bond donors (Lipinski definition) is 2. The number of nitrogens with zero attached hydrogens (tertiary/aromatic N) is 1. The fourth-order valence-corrected chi connectivity index (χ4v) is 2.04. The van der Waals surface area contributed by atoms with Crippen molar-refractivity contribution in [2.45, 2.75) is 18.4 Å². The van der Waals surface area contributed by atoms with E-state index in [1.54, 1.807) is 12.1 Å². The third kappa shape index (κ3) is 2.47. The predicted octanol–water partition coefficient (Wildman–Crippen LogP) is 2.69. The van der Waals surface area contributed by atoms with Crippen LogP contribution in [0.3, 0.4) is 0 Å². The van der Waals surface area contributed by atoms with Crippen molar-refractivity contribution >= 4 is 12.4 Å². The number of halogens is 1. The van der Waals surface area contributed by atoms with Gasteiger partial charge in [0.25, 0.3) is 0 Å². The number of hydrogen-bond acceptors (Lipinski definition) is 3. The average molecular weight is 263 g/mol. The highest BCUT2D eigenvalue weighted by Crippen LogP contribution is 2.38. The van der Waals surface area contributed by atoms with Crippen molar-refractivity contribution in [2.75, 3.05) is 0 Å². The van der Waals surface area contributed by atoms with Crippen LogP contribution >= 0.6 is 12.4 Å². The van der Waals surface area contributed by atoms with Gasteiger partial charge >= 0.3 is 0 Å². The zero-order chi connectivity index (χ0) is 11.8. The first-order valence-corrected chi connectivity index (χ1v) is 5.75. The summed E-state index contributed by atoms with van der Waals surface area (Å²) in [4.78, 5) is 4.44. The molecule has 1 aliphatic carbocycles. The lowest BCUT2D eigenvalue weighted by Gasteiger charge is -2.03. The van der Waals surface area contributed by atoms with Crippen LogP contribution in [0.5, 0.6) is 5.75 Å². The third-order valence-corrected chi connectivity index (χ3v) is 3.19. The van der Waals surface area contributed by atoms with Crippen LogP contribution in [0.1, 0.15) is 18.0 Å². The van der Waals surface area contributed by atoms with E-state index in [0.717, 1.165) is 23.2 Å². The Morgan fingerprint density at radius 3 is 2.50 bits per heavy atom. The summed E-state index contributed by atoms with van der Waals surface area (Å²) in [5, 5.41) is 9.42. The van der Waals surface area contributed by atoms with Gasteiger partial charge in [0.1, 0.15) is 5.75 Å². The molecule has 3 rings (SSSR count). The molecule has 1 saturated carbocycles. The van der Waals surface area contributed by atoms with Crippen molar-refractivity contribution in [3.63, 3.8) is 0 Å². The van der Waals surface area contributed by atoms with Crippen molar-refractivity contribution in [3.8, 4) is 16.9 Å². The van der Waals surface area contributed by atoms with E-state index in [-0.39, 0.29) is 24.2 Å². The van der Waals surface area contributed by atoms with Gasteiger partial charge in [-0.2, -0.15) is 0 Å². The van der Waals surface area contributed by atoms with Crippen LogP contribution in [0, 0.1) is 0 Å². The van der Waals surface area contributed by atoms with Gasteiger partial charge in [0, 0.05) is 29.4 Å². The molecule has 1 heterocycles. The van der Waals surface area contributed by atoms with Gasteiger partial charge in [-0.05, 0) is 30.2 Å². The Morgan fingerprint density at radius 2 is 1.94 bits per heavy atom. The van der Waals surface area contributed by atoms with E-state index >= 15 is 0 Å². The normalized spacial score (nSPS) is 21.2. The molecule has 4 heteroatoms. The van der Waals surface area contributed by atoms with Crippen LogP contribution in [0.2, 0.25) is 0 Å². The highest BCUT2D eigenvalue weighted by atomic mass is 35.5. The fraction of sp³-hybridized carbons (Fsp3) is 0.214. The predicted molar refractivity (Wildman–Crippen MR) is 73.9 cm³/mol. The first kappa shape index (κ1) is 12.9. The lowest BCUT2D eigenvalue weighted by molar-refractivity contribution is 0.475. The molecular weight excluding hydrogens is 248 g/mol. The highest BCUT2D eigenvalue weighted by molar-refractivity contribution is 5.85. The zero-order valence-electron chi connectivity index (χ0n) is 9.78. The smallest absolute Gasteiger partial charge is 0.116 e. The quantitative estimate of drug-likeness (QED) is 0.875. The maximum absolute atomic E-state index is 9.42. The fourth-order valence-electron chi connectivity index (χ4n) is 2.04. The van der Waals surface area contributed by atoms with Gasteiger partial charge in [0.2, 0.25) is 0 Å². The summed E-state index contributed by atoms with van der Waals surface area (Å²) in [5.74, 6) is 0.712. The van der Waals surface area contributed by atoms with Crippen molar-refractivity contribution in [2.24, 2.45) is 5.73 Å². The Balaban J connectivity index is 0.00000120. The summed E-state index contributed by atoms with van der Waals surface area (Å²) in [6.07, 6.45) is 2.88. The molecule has 0 spiro atoms. The summed E-state index contributed by atoms with van der Waals surface area (Å²) in [6.45, 7) is 0. The van der Waals surface area contributed by atoms with Gasteiger partial charge < -0.3 is 10.8 Å². The van der Waals surface area contributed by atoms with Crippen LogP contribution < -0.4 is 5.73 Å². The SMILES string of the molecule is Cl.N[C@@H]1C[C@H]1c1ccc(-c2cccc(O)c2)cn1. The van der Waals surface area contributed by atoms with Crippen LogP contribution in [-0.4, -0.2) is 16.1 Å². The molecule has 3 N–H and O–H groups in total. The number of rotatable bonds is 2. The molecular formula is C14H15ClN2O. The molecule has 0 bridgehead atoms. The van der Waals surface area contributed by atoms with Crippen LogP contribution in [0.4, 0.5) is 0 Å². The van der Waals surface area contributed by atoms with E-state index in [9.17, 15) is 5.11 Å². The Morgan fingerprint density at radius 1 is 1.17 bits per heavy atom. The third-order valence-electron chi connectivity index (χ3n) is 3.19. The monoisotopic (exact) mass is 262 g/mol. The van der Waals surface area contributed by atoms with Gasteiger partial charge in [0.15, 0.2) is 0 Å². The van der Waals surface area contributed by atoms with Crippen LogP contribution in [0.15, 0.2) is 42.6 Å². The molecule has 1 aromatic heterocycles. The Hall–Kier alpha value is -1.58. The topological polar surface area (TPSA) is 59.1 Å². The minimum atomic E-state index is 0. The molecule has 2 aromatic rings. The van der Waals surface area contributed by atoms with Crippen molar-refractivity contribution in [1.82, 2.24) is 4.98 Å². The van der Waals surface area contributed by atoms with Gasteiger partial charge in [-0.3, -0.25) is 4.98 Å². The van der Waals surface area contributed by atoms with E-state index in [4.69, 9.17) is 5.73 Å². The standard InChI is InChI=1S/C14H14N2O.ClH/c15-13-7-12(13)14-5-4-10(8-16-14)9-2-1-3-11(17)6-9;/h1-6,8,12-13,17H,7,15H2;1H/t12-,13-;/m1./s1. The molecule has 0 saturated heterocycles. The van der Waals surface area contributed by atoms with E-state index in [0.29, 0.717) is 5.92 Å². The lowest BCUT2D eigenvalue weighted by atomic mass is 10.1. The van der Waals surface area contributed by atoms with E-state index in [2.05, 4.69) is 4.98 Å². The maximum atomic E-state index is 9.42. The van der Waals surface area contributed by atoms with Crippen LogP contribution in [0.25, 0.3) is 11.1 Å². The molecule has 0 unspecified atom stereocenters. The number of phenolic OH excluding ortho intramolecular Hbond substituents is 1. The van der Waals surface area contributed by atoms with Crippen molar-refractivity contribution in [3.05, 3.63) is 48.3 Å². The summed E-state index contributed by atoms with van der Waals surface area (Å²) in [7, 11) is 0. The molecule has 2 atom stereocenters. The molecule has 0 aliphatic heterocycles. The largest absolute Gasteiger partial charge is 0.508 e. The van der Waals surface area contributed by atoms with Crippen molar-refractivity contribution in [1.29, 1.82) is 0 Å². The molecule has 0 amide bonds. The second kappa shape index (κ2) is 4.96. The zero-order valence-corrected chi connectivity index (χ0v) is 10.6. The van der Waals surface area contributed by atoms with Gasteiger partial charge in [-0.1, -0.05) is 18.2 Å². The number of benzene rings is 1. The van der Waals surface area contributed by atoms with Crippen LogP contribution in [-0.2, 0) is 0 Å². The number of aromatic hydroxyl groups is 1. The number of aromatic nitrogens is 1. The van der Waals surface area contributed by atoms with Gasteiger partial charge in [0.05, 0.1) is 0 Å². The van der Waals surface area contributed by atoms with E-state index in [1.807, 2.05) is 30.5 Å². The second-order valence-corrected chi connectivity index (χ2v) is 4.53. The summed E-state index contributed by atoms with van der Waals surface area (Å²) < 4.78 is 0. The number of nitrogens with two attached hydrogens (primary N) is 1. The van der Waals surface area contributed by atoms with Crippen molar-refractivity contribution < 1.29 is 5.11 Å². The minimum absolute atomic E-state index is 0. The average Bonchev–Trinajstić information content (AvgIpc) is 3.07. The molecule has 1 aliphatic rings. The molecule has 3 nitrogen and oxygen atoms in total. The summed E-state index contributed by atoms with van der Waals surface area (Å²) in [5.41, 5.74) is 8.85. The molecule has 1 fully saturated rings. The molecule has 1 aromatic carbocycles. The van der Waals surface area contributed by atoms with E-state index in [1.165, 1.54) is 0 Å². The summed E-state index contributed by atoms with van der Waals surface area (Å²) in [6, 6.07) is 11.5. The number of phenols is 1. The molecule has 18 heavy (non-hydrogen) atoms. The first-order valence-electron chi connectivity index (χ1n) is 5.75. The Kier molecular flexibility index (Phi) is 3.55. The Bertz CT molecular complexity index is 542. The maximum Gasteiger partial charge on any atom is 0.116 e. The second-order valence-electron chi connectivity index (χ2n) is 4.53. The van der Waals surface area contributed by atoms with Gasteiger partial charge in [-0.15, -0.1) is 12.4 Å². The molecule has 0 radical (unpaired) electrons. The Labute approximate surface area is 112 Å². The number of pyridine rings is 1. The lowest BCUT2D eigenvalue weighted by Crippen LogP contribution is -2.01. The summed E-state index contributed by atoms with van der Waals surface area (Å²) >= 11 is 0. The minimum Gasteiger partial charge on any atom is -0.508 e. The molecule has 94 valence electrons.